The molecule has 3 nitrogen and oxygen atoms in total. The van der Waals surface area contributed by atoms with Crippen molar-refractivity contribution < 1.29 is 9.47 Å². The van der Waals surface area contributed by atoms with Crippen molar-refractivity contribution in [3.63, 3.8) is 0 Å². The van der Waals surface area contributed by atoms with Crippen LogP contribution in [0.4, 0.5) is 0 Å². The van der Waals surface area contributed by atoms with Gasteiger partial charge in [0.2, 0.25) is 0 Å². The van der Waals surface area contributed by atoms with Gasteiger partial charge in [0.15, 0.2) is 0 Å². The Morgan fingerprint density at radius 3 is 2.25 bits per heavy atom. The van der Waals surface area contributed by atoms with Gasteiger partial charge in [0, 0.05) is 4.47 Å². The van der Waals surface area contributed by atoms with Gasteiger partial charge in [-0.05, 0) is 51.3 Å². The number of rotatable bonds is 4. The zero-order valence-electron chi connectivity index (χ0n) is 11.2. The summed E-state index contributed by atoms with van der Waals surface area (Å²) in [7, 11) is 3.28. The van der Waals surface area contributed by atoms with E-state index < -0.39 is 0 Å². The summed E-state index contributed by atoms with van der Waals surface area (Å²) in [5.74, 6) is 1.58. The SMILES string of the molecule is COc1ccc(C(N)c2ccc(OC)c(Br)c2)c(Br)c1. The van der Waals surface area contributed by atoms with Crippen molar-refractivity contribution in [3.05, 3.63) is 56.5 Å². The Morgan fingerprint density at radius 1 is 0.950 bits per heavy atom. The Balaban J connectivity index is 2.35. The largest absolute Gasteiger partial charge is 0.497 e. The highest BCUT2D eigenvalue weighted by molar-refractivity contribution is 9.10. The molecule has 0 aliphatic rings. The molecule has 1 atom stereocenters. The van der Waals surface area contributed by atoms with Crippen LogP contribution < -0.4 is 15.2 Å². The average Bonchev–Trinajstić information content (AvgIpc) is 2.46. The molecule has 0 aromatic heterocycles. The third-order valence-corrected chi connectivity index (χ3v) is 4.38. The van der Waals surface area contributed by atoms with Crippen LogP contribution in [-0.4, -0.2) is 14.2 Å². The number of methoxy groups -OCH3 is 2. The number of ether oxygens (including phenoxy) is 2. The van der Waals surface area contributed by atoms with Crippen LogP contribution in [0.2, 0.25) is 0 Å². The van der Waals surface area contributed by atoms with E-state index in [-0.39, 0.29) is 6.04 Å². The predicted molar refractivity (Wildman–Crippen MR) is 87.4 cm³/mol. The highest BCUT2D eigenvalue weighted by Gasteiger charge is 2.14. The van der Waals surface area contributed by atoms with E-state index in [0.29, 0.717) is 0 Å². The lowest BCUT2D eigenvalue weighted by molar-refractivity contribution is 0.412. The summed E-state index contributed by atoms with van der Waals surface area (Å²) < 4.78 is 12.2. The predicted octanol–water partition coefficient (Wildman–Crippen LogP) is 4.28. The van der Waals surface area contributed by atoms with Gasteiger partial charge in [-0.1, -0.05) is 28.1 Å². The molecule has 20 heavy (non-hydrogen) atoms. The monoisotopic (exact) mass is 399 g/mol. The molecule has 5 heteroatoms. The number of halogens is 2. The normalized spacial score (nSPS) is 12.1. The molecule has 0 saturated carbocycles. The van der Waals surface area contributed by atoms with Crippen molar-refractivity contribution in [1.82, 2.24) is 0 Å². The van der Waals surface area contributed by atoms with E-state index in [1.165, 1.54) is 0 Å². The van der Waals surface area contributed by atoms with Crippen LogP contribution in [0.3, 0.4) is 0 Å². The van der Waals surface area contributed by atoms with Crippen LogP contribution in [-0.2, 0) is 0 Å². The van der Waals surface area contributed by atoms with E-state index in [9.17, 15) is 0 Å². The maximum Gasteiger partial charge on any atom is 0.133 e. The summed E-state index contributed by atoms with van der Waals surface area (Å²) in [6.07, 6.45) is 0. The van der Waals surface area contributed by atoms with Gasteiger partial charge in [-0.2, -0.15) is 0 Å². The summed E-state index contributed by atoms with van der Waals surface area (Å²) in [6, 6.07) is 11.4. The minimum absolute atomic E-state index is 0.225. The maximum absolute atomic E-state index is 6.34. The second-order valence-corrected chi connectivity index (χ2v) is 5.97. The second-order valence-electron chi connectivity index (χ2n) is 4.26. The van der Waals surface area contributed by atoms with Crippen molar-refractivity contribution in [3.8, 4) is 11.5 Å². The molecule has 0 saturated heterocycles. The maximum atomic E-state index is 6.34. The van der Waals surface area contributed by atoms with Crippen LogP contribution in [0.1, 0.15) is 17.2 Å². The first kappa shape index (κ1) is 15.4. The third kappa shape index (κ3) is 3.16. The highest BCUT2D eigenvalue weighted by Crippen LogP contribution is 2.33. The topological polar surface area (TPSA) is 44.5 Å². The van der Waals surface area contributed by atoms with E-state index in [1.807, 2.05) is 36.4 Å². The van der Waals surface area contributed by atoms with E-state index in [1.54, 1.807) is 14.2 Å². The lowest BCUT2D eigenvalue weighted by Crippen LogP contribution is -2.12. The summed E-state index contributed by atoms with van der Waals surface area (Å²) in [6.45, 7) is 0. The molecule has 0 fully saturated rings. The van der Waals surface area contributed by atoms with E-state index in [2.05, 4.69) is 31.9 Å². The summed E-state index contributed by atoms with van der Waals surface area (Å²) in [5.41, 5.74) is 8.34. The van der Waals surface area contributed by atoms with E-state index in [4.69, 9.17) is 15.2 Å². The Hall–Kier alpha value is -1.04. The minimum atomic E-state index is -0.225. The number of hydrogen-bond acceptors (Lipinski definition) is 3. The highest BCUT2D eigenvalue weighted by atomic mass is 79.9. The Morgan fingerprint density at radius 2 is 1.70 bits per heavy atom. The van der Waals surface area contributed by atoms with Crippen molar-refractivity contribution >= 4 is 31.9 Å². The van der Waals surface area contributed by atoms with Crippen molar-refractivity contribution in [2.45, 2.75) is 6.04 Å². The molecule has 2 N–H and O–H groups in total. The molecule has 1 unspecified atom stereocenters. The number of hydrogen-bond donors (Lipinski definition) is 1. The van der Waals surface area contributed by atoms with Gasteiger partial charge >= 0.3 is 0 Å². The Bertz CT molecular complexity index is 617. The fourth-order valence-electron chi connectivity index (χ4n) is 1.94. The molecule has 0 heterocycles. The minimum Gasteiger partial charge on any atom is -0.497 e. The molecule has 2 aromatic rings. The molecule has 106 valence electrons. The summed E-state index contributed by atoms with van der Waals surface area (Å²) >= 11 is 7.01. The molecule has 0 amide bonds. The number of nitrogens with two attached hydrogens (primary N) is 1. The summed E-state index contributed by atoms with van der Waals surface area (Å²) in [5, 5.41) is 0. The molecule has 0 aliphatic heterocycles. The van der Waals surface area contributed by atoms with Crippen LogP contribution in [0, 0.1) is 0 Å². The standard InChI is InChI=1S/C15H15Br2NO2/c1-19-10-4-5-11(12(16)8-10)15(18)9-3-6-14(20-2)13(17)7-9/h3-8,15H,18H2,1-2H3. The smallest absolute Gasteiger partial charge is 0.133 e. The van der Waals surface area contributed by atoms with Gasteiger partial charge in [0.05, 0.1) is 24.7 Å². The second kappa shape index (κ2) is 6.61. The fourth-order valence-corrected chi connectivity index (χ4v) is 3.11. The molecule has 0 bridgehead atoms. The zero-order valence-corrected chi connectivity index (χ0v) is 14.4. The quantitative estimate of drug-likeness (QED) is 0.832. The lowest BCUT2D eigenvalue weighted by atomic mass is 9.99. The van der Waals surface area contributed by atoms with Crippen LogP contribution >= 0.6 is 31.9 Å². The van der Waals surface area contributed by atoms with Gasteiger partial charge in [0.25, 0.3) is 0 Å². The lowest BCUT2D eigenvalue weighted by Gasteiger charge is -2.16. The van der Waals surface area contributed by atoms with Crippen molar-refractivity contribution in [2.75, 3.05) is 14.2 Å². The van der Waals surface area contributed by atoms with Gasteiger partial charge in [-0.15, -0.1) is 0 Å². The van der Waals surface area contributed by atoms with E-state index in [0.717, 1.165) is 31.6 Å². The van der Waals surface area contributed by atoms with Gasteiger partial charge in [0.1, 0.15) is 11.5 Å². The van der Waals surface area contributed by atoms with Gasteiger partial charge in [-0.25, -0.2) is 0 Å². The van der Waals surface area contributed by atoms with Gasteiger partial charge in [-0.3, -0.25) is 0 Å². The third-order valence-electron chi connectivity index (χ3n) is 3.08. The summed E-state index contributed by atoms with van der Waals surface area (Å²) in [4.78, 5) is 0. The molecule has 0 radical (unpaired) electrons. The van der Waals surface area contributed by atoms with E-state index >= 15 is 0 Å². The molecule has 2 aromatic carbocycles. The molecule has 0 aliphatic carbocycles. The van der Waals surface area contributed by atoms with Crippen LogP contribution in [0.15, 0.2) is 45.3 Å². The first-order valence-corrected chi connectivity index (χ1v) is 7.58. The van der Waals surface area contributed by atoms with Crippen molar-refractivity contribution in [2.24, 2.45) is 5.73 Å². The molecule has 2 rings (SSSR count). The zero-order chi connectivity index (χ0) is 14.7. The average molecular weight is 401 g/mol. The van der Waals surface area contributed by atoms with Crippen LogP contribution in [0.25, 0.3) is 0 Å². The van der Waals surface area contributed by atoms with Crippen molar-refractivity contribution in [1.29, 1.82) is 0 Å². The van der Waals surface area contributed by atoms with Crippen LogP contribution in [0.5, 0.6) is 11.5 Å². The Kier molecular flexibility index (Phi) is 5.07. The molecule has 0 spiro atoms. The first-order valence-electron chi connectivity index (χ1n) is 5.99. The Labute approximate surface area is 135 Å². The molecular formula is C15H15Br2NO2. The van der Waals surface area contributed by atoms with Gasteiger partial charge < -0.3 is 15.2 Å². The fraction of sp³-hybridized carbons (Fsp3) is 0.200. The molecular weight excluding hydrogens is 386 g/mol. The number of benzene rings is 2. The first-order chi connectivity index (χ1) is 9.56.